The average molecular weight is 408 g/mol. The SMILES string of the molecule is O=C(O)O[C@H]1CCCc2nn(Cc3cc(C(F)(F)F)nc4ccccc34)c(=O)n21. The third kappa shape index (κ3) is 3.55. The first-order valence-electron chi connectivity index (χ1n) is 8.77. The van der Waals surface area contributed by atoms with Crippen molar-refractivity contribution in [2.24, 2.45) is 0 Å². The van der Waals surface area contributed by atoms with Crippen LogP contribution in [-0.2, 0) is 23.9 Å². The Morgan fingerprint density at radius 1 is 1.31 bits per heavy atom. The number of halogens is 3. The second-order valence-electron chi connectivity index (χ2n) is 6.64. The Morgan fingerprint density at radius 3 is 2.79 bits per heavy atom. The molecule has 4 rings (SSSR count). The number of rotatable bonds is 3. The summed E-state index contributed by atoms with van der Waals surface area (Å²) in [7, 11) is 0. The van der Waals surface area contributed by atoms with Crippen molar-refractivity contribution in [1.82, 2.24) is 19.3 Å². The van der Waals surface area contributed by atoms with E-state index >= 15 is 0 Å². The van der Waals surface area contributed by atoms with Crippen LogP contribution in [0.3, 0.4) is 0 Å². The van der Waals surface area contributed by atoms with Crippen LogP contribution >= 0.6 is 0 Å². The average Bonchev–Trinajstić information content (AvgIpc) is 2.97. The monoisotopic (exact) mass is 408 g/mol. The maximum absolute atomic E-state index is 13.2. The first-order chi connectivity index (χ1) is 13.7. The number of pyridine rings is 1. The largest absolute Gasteiger partial charge is 0.507 e. The molecule has 1 aliphatic rings. The number of ether oxygens (including phenoxy) is 1. The summed E-state index contributed by atoms with van der Waals surface area (Å²) in [5, 5.41) is 13.5. The number of aryl methyl sites for hydroxylation is 1. The number of aromatic nitrogens is 4. The van der Waals surface area contributed by atoms with E-state index in [2.05, 4.69) is 10.1 Å². The molecule has 3 heterocycles. The van der Waals surface area contributed by atoms with Gasteiger partial charge in [0.25, 0.3) is 0 Å². The summed E-state index contributed by atoms with van der Waals surface area (Å²) < 4.78 is 46.7. The predicted molar refractivity (Wildman–Crippen MR) is 93.4 cm³/mol. The van der Waals surface area contributed by atoms with Crippen molar-refractivity contribution in [3.8, 4) is 0 Å². The number of fused-ring (bicyclic) bond motifs is 2. The van der Waals surface area contributed by atoms with E-state index in [4.69, 9.17) is 9.84 Å². The molecule has 0 spiro atoms. The predicted octanol–water partition coefficient (Wildman–Crippen LogP) is 3.19. The van der Waals surface area contributed by atoms with Gasteiger partial charge < -0.3 is 9.84 Å². The molecule has 0 saturated carbocycles. The lowest BCUT2D eigenvalue weighted by Gasteiger charge is -2.21. The van der Waals surface area contributed by atoms with E-state index in [1.54, 1.807) is 18.2 Å². The Kier molecular flexibility index (Phi) is 4.52. The molecule has 29 heavy (non-hydrogen) atoms. The Balaban J connectivity index is 1.79. The molecule has 0 saturated heterocycles. The topological polar surface area (TPSA) is 99.2 Å². The van der Waals surface area contributed by atoms with Crippen LogP contribution in [0.25, 0.3) is 10.9 Å². The molecule has 0 aliphatic carbocycles. The van der Waals surface area contributed by atoms with Gasteiger partial charge in [-0.25, -0.2) is 23.8 Å². The number of carbonyl (C=O) groups is 1. The molecular formula is C18H15F3N4O4. The number of carboxylic acid groups (broad SMARTS) is 1. The van der Waals surface area contributed by atoms with Crippen LogP contribution in [-0.4, -0.2) is 30.6 Å². The zero-order chi connectivity index (χ0) is 20.8. The highest BCUT2D eigenvalue weighted by Crippen LogP contribution is 2.31. The van der Waals surface area contributed by atoms with Crippen molar-refractivity contribution >= 4 is 17.1 Å². The molecule has 8 nitrogen and oxygen atoms in total. The molecule has 152 valence electrons. The zero-order valence-corrected chi connectivity index (χ0v) is 14.9. The number of alkyl halides is 3. The van der Waals surface area contributed by atoms with Gasteiger partial charge >= 0.3 is 18.0 Å². The summed E-state index contributed by atoms with van der Waals surface area (Å²) in [4.78, 5) is 27.3. The highest BCUT2D eigenvalue weighted by Gasteiger charge is 2.34. The minimum atomic E-state index is -4.64. The van der Waals surface area contributed by atoms with Crippen molar-refractivity contribution in [3.05, 3.63) is 57.9 Å². The van der Waals surface area contributed by atoms with E-state index in [1.165, 1.54) is 6.07 Å². The highest BCUT2D eigenvalue weighted by atomic mass is 19.4. The third-order valence-corrected chi connectivity index (χ3v) is 4.73. The molecule has 0 unspecified atom stereocenters. The second kappa shape index (κ2) is 6.90. The Hall–Kier alpha value is -3.37. The van der Waals surface area contributed by atoms with E-state index in [0.717, 1.165) is 15.3 Å². The van der Waals surface area contributed by atoms with Crippen LogP contribution in [0, 0.1) is 0 Å². The standard InChI is InChI=1S/C18H15F3N4O4/c19-18(20,21)13-8-10(11-4-1-2-5-12(11)22-13)9-24-16(26)25-14(23-24)6-3-7-15(25)29-17(27)28/h1-2,4-5,8,15H,3,6-7,9H2,(H,27,28)/t15-/m0/s1. The highest BCUT2D eigenvalue weighted by molar-refractivity contribution is 5.82. The maximum Gasteiger partial charge on any atom is 0.507 e. The Labute approximate surface area is 161 Å². The van der Waals surface area contributed by atoms with Crippen molar-refractivity contribution in [2.75, 3.05) is 0 Å². The first kappa shape index (κ1) is 19.0. The smallest absolute Gasteiger partial charge is 0.450 e. The van der Waals surface area contributed by atoms with Crippen LogP contribution in [0.2, 0.25) is 0 Å². The number of benzene rings is 1. The molecule has 0 bridgehead atoms. The van der Waals surface area contributed by atoms with E-state index in [9.17, 15) is 22.8 Å². The molecule has 11 heteroatoms. The molecule has 0 radical (unpaired) electrons. The van der Waals surface area contributed by atoms with Crippen LogP contribution in [0.1, 0.15) is 36.2 Å². The van der Waals surface area contributed by atoms with Gasteiger partial charge in [0.15, 0.2) is 6.23 Å². The quantitative estimate of drug-likeness (QED) is 0.669. The summed E-state index contributed by atoms with van der Waals surface area (Å²) in [5.41, 5.74) is -1.31. The van der Waals surface area contributed by atoms with Crippen LogP contribution in [0.15, 0.2) is 35.1 Å². The maximum atomic E-state index is 13.2. The van der Waals surface area contributed by atoms with Gasteiger partial charge in [0, 0.05) is 18.2 Å². The molecule has 2 aromatic heterocycles. The molecule has 1 atom stereocenters. The van der Waals surface area contributed by atoms with Crippen LogP contribution < -0.4 is 5.69 Å². The van der Waals surface area contributed by atoms with Crippen molar-refractivity contribution in [2.45, 2.75) is 38.2 Å². The van der Waals surface area contributed by atoms with Gasteiger partial charge in [0.05, 0.1) is 12.1 Å². The molecule has 1 N–H and O–H groups in total. The molecular weight excluding hydrogens is 393 g/mol. The fourth-order valence-corrected chi connectivity index (χ4v) is 3.50. The van der Waals surface area contributed by atoms with Gasteiger partial charge in [-0.1, -0.05) is 18.2 Å². The van der Waals surface area contributed by atoms with Crippen molar-refractivity contribution in [1.29, 1.82) is 0 Å². The summed E-state index contributed by atoms with van der Waals surface area (Å²) >= 11 is 0. The molecule has 0 amide bonds. The number of hydrogen-bond acceptors (Lipinski definition) is 5. The van der Waals surface area contributed by atoms with Crippen LogP contribution in [0.4, 0.5) is 18.0 Å². The van der Waals surface area contributed by atoms with Gasteiger partial charge in [-0.3, -0.25) is 0 Å². The zero-order valence-electron chi connectivity index (χ0n) is 14.9. The summed E-state index contributed by atoms with van der Waals surface area (Å²) in [5.74, 6) is 0.335. The normalized spacial score (nSPS) is 16.6. The number of hydrogen-bond donors (Lipinski definition) is 1. The lowest BCUT2D eigenvalue weighted by molar-refractivity contribution is -0.141. The van der Waals surface area contributed by atoms with Gasteiger partial charge in [-0.05, 0) is 24.1 Å². The fraction of sp³-hybridized carbons (Fsp3) is 0.333. The molecule has 0 fully saturated rings. The van der Waals surface area contributed by atoms with Crippen molar-refractivity contribution < 1.29 is 27.8 Å². The summed E-state index contributed by atoms with van der Waals surface area (Å²) in [6.07, 6.45) is -5.83. The van der Waals surface area contributed by atoms with Gasteiger partial charge in [-0.15, -0.1) is 0 Å². The third-order valence-electron chi connectivity index (χ3n) is 4.73. The second-order valence-corrected chi connectivity index (χ2v) is 6.64. The Bertz CT molecular complexity index is 1150. The molecule has 3 aromatic rings. The van der Waals surface area contributed by atoms with E-state index < -0.39 is 29.9 Å². The first-order valence-corrected chi connectivity index (χ1v) is 8.77. The number of nitrogens with zero attached hydrogens (tertiary/aromatic N) is 4. The fourth-order valence-electron chi connectivity index (χ4n) is 3.50. The minimum absolute atomic E-state index is 0.154. The van der Waals surface area contributed by atoms with E-state index in [-0.39, 0.29) is 17.6 Å². The Morgan fingerprint density at radius 2 is 2.07 bits per heavy atom. The van der Waals surface area contributed by atoms with Crippen LogP contribution in [0.5, 0.6) is 0 Å². The van der Waals surface area contributed by atoms with E-state index in [0.29, 0.717) is 30.5 Å². The van der Waals surface area contributed by atoms with E-state index in [1.807, 2.05) is 0 Å². The molecule has 1 aliphatic heterocycles. The van der Waals surface area contributed by atoms with Gasteiger partial charge in [-0.2, -0.15) is 18.3 Å². The van der Waals surface area contributed by atoms with Crippen molar-refractivity contribution in [3.63, 3.8) is 0 Å². The van der Waals surface area contributed by atoms with Gasteiger partial charge in [0.1, 0.15) is 11.5 Å². The molecule has 1 aromatic carbocycles. The summed E-state index contributed by atoms with van der Waals surface area (Å²) in [6, 6.07) is 7.23. The summed E-state index contributed by atoms with van der Waals surface area (Å²) in [6.45, 7) is -0.218. The lowest BCUT2D eigenvalue weighted by atomic mass is 10.1. The minimum Gasteiger partial charge on any atom is -0.450 e. The number of para-hydroxylation sites is 1. The van der Waals surface area contributed by atoms with Gasteiger partial charge in [0.2, 0.25) is 0 Å². The lowest BCUT2D eigenvalue weighted by Crippen LogP contribution is -2.33.